The molecule has 0 fully saturated rings. The van der Waals surface area contributed by atoms with Crippen LogP contribution in [0.4, 0.5) is 21.5 Å². The summed E-state index contributed by atoms with van der Waals surface area (Å²) in [6.45, 7) is 0. The van der Waals surface area contributed by atoms with Crippen molar-refractivity contribution in [3.05, 3.63) is 64.0 Å². The van der Waals surface area contributed by atoms with E-state index in [0.717, 1.165) is 6.07 Å². The number of carbonyl (C=O) groups is 1. The summed E-state index contributed by atoms with van der Waals surface area (Å²) in [6, 6.07) is 9.99. The molecular weight excluding hydrogens is 267 g/mol. The molecular formula is C13H9FN2O4. The highest BCUT2D eigenvalue weighted by molar-refractivity contribution is 5.94. The first-order valence-electron chi connectivity index (χ1n) is 5.52. The van der Waals surface area contributed by atoms with Crippen LogP contribution >= 0.6 is 0 Å². The minimum atomic E-state index is -1.49. The Morgan fingerprint density at radius 1 is 1.25 bits per heavy atom. The minimum Gasteiger partial charge on any atom is -0.477 e. The Bertz CT molecular complexity index is 674. The summed E-state index contributed by atoms with van der Waals surface area (Å²) in [5, 5.41) is 22.3. The number of carboxylic acids is 1. The number of carboxylic acid groups (broad SMARTS) is 1. The maximum atomic E-state index is 13.8. The smallest absolute Gasteiger partial charge is 0.342 e. The highest BCUT2D eigenvalue weighted by atomic mass is 19.1. The van der Waals surface area contributed by atoms with Crippen molar-refractivity contribution in [1.82, 2.24) is 0 Å². The number of rotatable bonds is 4. The molecule has 0 aliphatic carbocycles. The Morgan fingerprint density at radius 2 is 1.90 bits per heavy atom. The van der Waals surface area contributed by atoms with Gasteiger partial charge in [0.05, 0.1) is 16.7 Å². The summed E-state index contributed by atoms with van der Waals surface area (Å²) in [6.07, 6.45) is 0. The number of nitrogens with zero attached hydrogens (tertiary/aromatic N) is 1. The molecule has 0 saturated carbocycles. The van der Waals surface area contributed by atoms with Crippen LogP contribution in [0.2, 0.25) is 0 Å². The van der Waals surface area contributed by atoms with Gasteiger partial charge in [-0.3, -0.25) is 10.1 Å². The van der Waals surface area contributed by atoms with Crippen LogP contribution < -0.4 is 5.32 Å². The van der Waals surface area contributed by atoms with Crippen molar-refractivity contribution in [3.8, 4) is 0 Å². The van der Waals surface area contributed by atoms with Gasteiger partial charge in [-0.1, -0.05) is 18.2 Å². The number of nitro benzene ring substituents is 1. The van der Waals surface area contributed by atoms with Crippen LogP contribution in [0, 0.1) is 15.9 Å². The SMILES string of the molecule is O=C(O)c1cc(Nc2ccccc2)c(F)cc1[N+](=O)[O-]. The normalized spacial score (nSPS) is 10.1. The Hall–Kier alpha value is -2.96. The number of aromatic carboxylic acids is 1. The van der Waals surface area contributed by atoms with Crippen molar-refractivity contribution in [2.75, 3.05) is 5.32 Å². The number of hydrogen-bond acceptors (Lipinski definition) is 4. The molecule has 0 radical (unpaired) electrons. The molecule has 6 nitrogen and oxygen atoms in total. The highest BCUT2D eigenvalue weighted by Crippen LogP contribution is 2.28. The molecule has 102 valence electrons. The number of hydrogen-bond donors (Lipinski definition) is 2. The van der Waals surface area contributed by atoms with Crippen molar-refractivity contribution in [2.45, 2.75) is 0 Å². The Kier molecular flexibility index (Phi) is 3.60. The van der Waals surface area contributed by atoms with Gasteiger partial charge in [0.25, 0.3) is 5.69 Å². The molecule has 2 aromatic carbocycles. The number of nitrogens with one attached hydrogen (secondary N) is 1. The number of benzene rings is 2. The number of nitro groups is 1. The van der Waals surface area contributed by atoms with E-state index in [-0.39, 0.29) is 5.69 Å². The van der Waals surface area contributed by atoms with Gasteiger partial charge in [0.2, 0.25) is 0 Å². The van der Waals surface area contributed by atoms with Gasteiger partial charge < -0.3 is 10.4 Å². The molecule has 0 heterocycles. The summed E-state index contributed by atoms with van der Waals surface area (Å²) in [5.41, 5.74) is -0.959. The first-order chi connectivity index (χ1) is 9.49. The van der Waals surface area contributed by atoms with E-state index in [2.05, 4.69) is 5.32 Å². The molecule has 2 aromatic rings. The van der Waals surface area contributed by atoms with Gasteiger partial charge in [-0.15, -0.1) is 0 Å². The average molecular weight is 276 g/mol. The molecule has 0 spiro atoms. The van der Waals surface area contributed by atoms with Crippen LogP contribution in [0.5, 0.6) is 0 Å². The topological polar surface area (TPSA) is 92.5 Å². The van der Waals surface area contributed by atoms with Gasteiger partial charge in [0, 0.05) is 5.69 Å². The first-order valence-corrected chi connectivity index (χ1v) is 5.52. The van der Waals surface area contributed by atoms with Crippen molar-refractivity contribution < 1.29 is 19.2 Å². The fourth-order valence-electron chi connectivity index (χ4n) is 1.66. The predicted molar refractivity (Wildman–Crippen MR) is 69.7 cm³/mol. The minimum absolute atomic E-state index is 0.140. The molecule has 0 aliphatic rings. The van der Waals surface area contributed by atoms with Gasteiger partial charge in [0.15, 0.2) is 5.82 Å². The molecule has 0 aromatic heterocycles. The molecule has 0 atom stereocenters. The standard InChI is InChI=1S/C13H9FN2O4/c14-10-7-12(16(19)20)9(13(17)18)6-11(10)15-8-4-2-1-3-5-8/h1-7,15H,(H,17,18). The van der Waals surface area contributed by atoms with Gasteiger partial charge in [-0.05, 0) is 18.2 Å². The molecule has 7 heteroatoms. The lowest BCUT2D eigenvalue weighted by Crippen LogP contribution is -2.05. The molecule has 2 rings (SSSR count). The van der Waals surface area contributed by atoms with Crippen LogP contribution in [-0.4, -0.2) is 16.0 Å². The fourth-order valence-corrected chi connectivity index (χ4v) is 1.66. The van der Waals surface area contributed by atoms with E-state index in [0.29, 0.717) is 11.8 Å². The first kappa shape index (κ1) is 13.5. The van der Waals surface area contributed by atoms with Gasteiger partial charge in [-0.25, -0.2) is 9.18 Å². The molecule has 0 saturated heterocycles. The van der Waals surface area contributed by atoms with Crippen LogP contribution in [0.25, 0.3) is 0 Å². The largest absolute Gasteiger partial charge is 0.477 e. The fraction of sp³-hybridized carbons (Fsp3) is 0. The van der Waals surface area contributed by atoms with E-state index in [1.165, 1.54) is 0 Å². The lowest BCUT2D eigenvalue weighted by Gasteiger charge is -2.08. The summed E-state index contributed by atoms with van der Waals surface area (Å²) >= 11 is 0. The van der Waals surface area contributed by atoms with Crippen LogP contribution in [-0.2, 0) is 0 Å². The van der Waals surface area contributed by atoms with E-state index in [1.807, 2.05) is 0 Å². The number of anilines is 2. The second kappa shape index (κ2) is 5.35. The third-order valence-electron chi connectivity index (χ3n) is 2.57. The zero-order valence-corrected chi connectivity index (χ0v) is 10.0. The number of para-hydroxylation sites is 1. The predicted octanol–water partition coefficient (Wildman–Crippen LogP) is 3.18. The lowest BCUT2D eigenvalue weighted by atomic mass is 10.1. The third kappa shape index (κ3) is 2.72. The van der Waals surface area contributed by atoms with Crippen LogP contribution in [0.15, 0.2) is 42.5 Å². The van der Waals surface area contributed by atoms with Gasteiger partial charge in [0.1, 0.15) is 5.56 Å². The van der Waals surface area contributed by atoms with Gasteiger partial charge >= 0.3 is 5.97 Å². The molecule has 0 aliphatic heterocycles. The quantitative estimate of drug-likeness (QED) is 0.660. The zero-order valence-electron chi connectivity index (χ0n) is 10.0. The zero-order chi connectivity index (χ0) is 14.7. The molecule has 0 amide bonds. The molecule has 20 heavy (non-hydrogen) atoms. The van der Waals surface area contributed by atoms with E-state index in [4.69, 9.17) is 5.11 Å². The van der Waals surface area contributed by atoms with E-state index < -0.39 is 28.0 Å². The maximum Gasteiger partial charge on any atom is 0.342 e. The monoisotopic (exact) mass is 276 g/mol. The van der Waals surface area contributed by atoms with Crippen molar-refractivity contribution in [2.24, 2.45) is 0 Å². The summed E-state index contributed by atoms with van der Waals surface area (Å²) in [4.78, 5) is 20.8. The lowest BCUT2D eigenvalue weighted by molar-refractivity contribution is -0.385. The maximum absolute atomic E-state index is 13.8. The summed E-state index contributed by atoms with van der Waals surface area (Å²) in [7, 11) is 0. The summed E-state index contributed by atoms with van der Waals surface area (Å²) < 4.78 is 13.8. The summed E-state index contributed by atoms with van der Waals surface area (Å²) in [5.74, 6) is -2.39. The Morgan fingerprint density at radius 3 is 2.45 bits per heavy atom. The van der Waals surface area contributed by atoms with Gasteiger partial charge in [-0.2, -0.15) is 0 Å². The van der Waals surface area contributed by atoms with Crippen LogP contribution in [0.3, 0.4) is 0 Å². The molecule has 0 bridgehead atoms. The van der Waals surface area contributed by atoms with Crippen molar-refractivity contribution in [1.29, 1.82) is 0 Å². The van der Waals surface area contributed by atoms with E-state index in [9.17, 15) is 19.3 Å². The molecule has 2 N–H and O–H groups in total. The van der Waals surface area contributed by atoms with E-state index >= 15 is 0 Å². The average Bonchev–Trinajstić information content (AvgIpc) is 2.41. The van der Waals surface area contributed by atoms with Crippen molar-refractivity contribution >= 4 is 23.0 Å². The number of halogens is 1. The highest BCUT2D eigenvalue weighted by Gasteiger charge is 2.23. The second-order valence-electron chi connectivity index (χ2n) is 3.90. The van der Waals surface area contributed by atoms with E-state index in [1.54, 1.807) is 30.3 Å². The molecule has 0 unspecified atom stereocenters. The third-order valence-corrected chi connectivity index (χ3v) is 2.57. The van der Waals surface area contributed by atoms with Crippen molar-refractivity contribution in [3.63, 3.8) is 0 Å². The second-order valence-corrected chi connectivity index (χ2v) is 3.90. The van der Waals surface area contributed by atoms with Crippen LogP contribution in [0.1, 0.15) is 10.4 Å². The Labute approximate surface area is 112 Å². The Balaban J connectivity index is 2.47.